The lowest BCUT2D eigenvalue weighted by Crippen LogP contribution is -2.24. The van der Waals surface area contributed by atoms with Gasteiger partial charge >= 0.3 is 0 Å². The Bertz CT molecular complexity index is 1520. The Morgan fingerprint density at radius 2 is 1.55 bits per heavy atom. The molecule has 0 N–H and O–H groups in total. The molecular formula is C26H26FN5O. The summed E-state index contributed by atoms with van der Waals surface area (Å²) in [6.07, 6.45) is 5.57. The first-order chi connectivity index (χ1) is 16.1. The topological polar surface area (TPSA) is 65.6 Å². The molecule has 7 heteroatoms. The second-order valence-electron chi connectivity index (χ2n) is 8.42. The van der Waals surface area contributed by atoms with Gasteiger partial charge in [0, 0.05) is 12.2 Å². The highest BCUT2D eigenvalue weighted by Crippen LogP contribution is 2.28. The molecule has 0 atom stereocenters. The molecule has 0 spiro atoms. The quantitative estimate of drug-likeness (QED) is 0.303. The SMILES string of the molecule is CCCCCCCn1c(C)nc2c(c1=O)c1nc3ccccc3nc1n2-c1ccc(F)cc1. The van der Waals surface area contributed by atoms with E-state index in [9.17, 15) is 9.18 Å². The molecule has 0 aliphatic heterocycles. The van der Waals surface area contributed by atoms with Crippen LogP contribution in [0.3, 0.4) is 0 Å². The maximum absolute atomic E-state index is 13.7. The van der Waals surface area contributed by atoms with Crippen LogP contribution in [0.25, 0.3) is 38.9 Å². The fourth-order valence-electron chi connectivity index (χ4n) is 4.40. The lowest BCUT2D eigenvalue weighted by Gasteiger charge is -2.11. The molecule has 0 aliphatic carbocycles. The van der Waals surface area contributed by atoms with Crippen molar-refractivity contribution in [1.29, 1.82) is 0 Å². The van der Waals surface area contributed by atoms with Gasteiger partial charge in [0.2, 0.25) is 0 Å². The Morgan fingerprint density at radius 1 is 0.848 bits per heavy atom. The molecule has 0 saturated carbocycles. The number of unbranched alkanes of at least 4 members (excludes halogenated alkanes) is 4. The largest absolute Gasteiger partial charge is 0.296 e. The maximum Gasteiger partial charge on any atom is 0.265 e. The monoisotopic (exact) mass is 443 g/mol. The number of rotatable bonds is 7. The van der Waals surface area contributed by atoms with Crippen LogP contribution in [-0.4, -0.2) is 24.1 Å². The number of hydrogen-bond acceptors (Lipinski definition) is 4. The molecule has 2 aromatic carbocycles. The summed E-state index contributed by atoms with van der Waals surface area (Å²) < 4.78 is 17.2. The van der Waals surface area contributed by atoms with Crippen molar-refractivity contribution in [3.8, 4) is 5.69 Å². The van der Waals surface area contributed by atoms with Crippen LogP contribution in [0.15, 0.2) is 53.3 Å². The summed E-state index contributed by atoms with van der Waals surface area (Å²) in [5, 5.41) is 0.451. The highest BCUT2D eigenvalue weighted by atomic mass is 19.1. The molecule has 5 aromatic rings. The van der Waals surface area contributed by atoms with Gasteiger partial charge < -0.3 is 0 Å². The highest BCUT2D eigenvalue weighted by molar-refractivity contribution is 6.05. The lowest BCUT2D eigenvalue weighted by molar-refractivity contribution is 0.546. The van der Waals surface area contributed by atoms with Gasteiger partial charge in [-0.2, -0.15) is 0 Å². The second kappa shape index (κ2) is 8.73. The smallest absolute Gasteiger partial charge is 0.265 e. The summed E-state index contributed by atoms with van der Waals surface area (Å²) in [6, 6.07) is 13.7. The van der Waals surface area contributed by atoms with Gasteiger partial charge in [0.1, 0.15) is 22.5 Å². The first-order valence-electron chi connectivity index (χ1n) is 11.5. The molecule has 3 heterocycles. The molecule has 3 aromatic heterocycles. The van der Waals surface area contributed by atoms with Gasteiger partial charge in [-0.25, -0.2) is 19.3 Å². The summed E-state index contributed by atoms with van der Waals surface area (Å²) >= 11 is 0. The number of para-hydroxylation sites is 2. The summed E-state index contributed by atoms with van der Waals surface area (Å²) in [6.45, 7) is 4.67. The predicted octanol–water partition coefficient (Wildman–Crippen LogP) is 5.70. The van der Waals surface area contributed by atoms with E-state index in [0.717, 1.165) is 18.4 Å². The van der Waals surface area contributed by atoms with Crippen molar-refractivity contribution < 1.29 is 4.39 Å². The van der Waals surface area contributed by atoms with E-state index in [1.807, 2.05) is 35.8 Å². The number of nitrogens with zero attached hydrogens (tertiary/aromatic N) is 5. The summed E-state index contributed by atoms with van der Waals surface area (Å²) in [5.41, 5.74) is 3.58. The predicted molar refractivity (Wildman–Crippen MR) is 129 cm³/mol. The maximum atomic E-state index is 13.7. The van der Waals surface area contributed by atoms with Crippen LogP contribution >= 0.6 is 0 Å². The summed E-state index contributed by atoms with van der Waals surface area (Å²) in [4.78, 5) is 28.2. The van der Waals surface area contributed by atoms with Gasteiger partial charge in [-0.1, -0.05) is 44.7 Å². The molecule has 0 radical (unpaired) electrons. The molecule has 6 nitrogen and oxygen atoms in total. The number of benzene rings is 2. The van der Waals surface area contributed by atoms with Crippen molar-refractivity contribution in [1.82, 2.24) is 24.1 Å². The standard InChI is InChI=1S/C26H26FN5O/c1-3-4-5-6-9-16-31-17(2)28-24-22(26(31)33)23-25(30-21-11-8-7-10-20(21)29-23)32(24)19-14-12-18(27)13-15-19/h7-8,10-15H,3-6,9,16H2,1-2H3. The van der Waals surface area contributed by atoms with Crippen LogP contribution in [0.4, 0.5) is 4.39 Å². The molecule has 0 aliphatic rings. The first kappa shape index (κ1) is 21.2. The Kier molecular flexibility index (Phi) is 5.62. The average Bonchev–Trinajstić information content (AvgIpc) is 3.12. The lowest BCUT2D eigenvalue weighted by atomic mass is 10.1. The molecule has 0 fully saturated rings. The average molecular weight is 444 g/mol. The number of halogens is 1. The molecule has 5 rings (SSSR count). The molecule has 0 bridgehead atoms. The highest BCUT2D eigenvalue weighted by Gasteiger charge is 2.22. The van der Waals surface area contributed by atoms with Crippen LogP contribution in [0.5, 0.6) is 0 Å². The van der Waals surface area contributed by atoms with E-state index < -0.39 is 0 Å². The van der Waals surface area contributed by atoms with Crippen LogP contribution in [-0.2, 0) is 6.54 Å². The third-order valence-corrected chi connectivity index (χ3v) is 6.12. The van der Waals surface area contributed by atoms with Crippen molar-refractivity contribution in [3.63, 3.8) is 0 Å². The van der Waals surface area contributed by atoms with Gasteiger partial charge in [-0.15, -0.1) is 0 Å². The molecule has 0 saturated heterocycles. The Balaban J connectivity index is 1.76. The van der Waals surface area contributed by atoms with Gasteiger partial charge in [0.25, 0.3) is 5.56 Å². The van der Waals surface area contributed by atoms with Gasteiger partial charge in [0.15, 0.2) is 11.3 Å². The van der Waals surface area contributed by atoms with E-state index in [0.29, 0.717) is 45.8 Å². The molecule has 0 unspecified atom stereocenters. The minimum absolute atomic E-state index is 0.108. The third-order valence-electron chi connectivity index (χ3n) is 6.12. The van der Waals surface area contributed by atoms with Crippen LogP contribution in [0.1, 0.15) is 44.9 Å². The van der Waals surface area contributed by atoms with Crippen molar-refractivity contribution in [2.45, 2.75) is 52.5 Å². The van der Waals surface area contributed by atoms with E-state index >= 15 is 0 Å². The van der Waals surface area contributed by atoms with Crippen molar-refractivity contribution >= 4 is 33.2 Å². The fourth-order valence-corrected chi connectivity index (χ4v) is 4.40. The second-order valence-corrected chi connectivity index (χ2v) is 8.42. The zero-order chi connectivity index (χ0) is 22.9. The number of hydrogen-bond donors (Lipinski definition) is 0. The third kappa shape index (κ3) is 3.77. The van der Waals surface area contributed by atoms with E-state index in [2.05, 4.69) is 6.92 Å². The first-order valence-corrected chi connectivity index (χ1v) is 11.5. The minimum Gasteiger partial charge on any atom is -0.296 e. The van der Waals surface area contributed by atoms with Gasteiger partial charge in [0.05, 0.1) is 11.0 Å². The Hall–Kier alpha value is -3.61. The number of fused-ring (bicyclic) bond motifs is 4. The fraction of sp³-hybridized carbons (Fsp3) is 0.308. The normalized spacial score (nSPS) is 11.7. The van der Waals surface area contributed by atoms with Gasteiger partial charge in [-0.05, 0) is 49.7 Å². The van der Waals surface area contributed by atoms with Crippen LogP contribution in [0.2, 0.25) is 0 Å². The van der Waals surface area contributed by atoms with Crippen molar-refractivity contribution in [2.75, 3.05) is 0 Å². The van der Waals surface area contributed by atoms with Crippen molar-refractivity contribution in [2.24, 2.45) is 0 Å². The van der Waals surface area contributed by atoms with E-state index in [-0.39, 0.29) is 11.4 Å². The van der Waals surface area contributed by atoms with Crippen LogP contribution in [0, 0.1) is 12.7 Å². The number of aromatic nitrogens is 5. The summed E-state index contributed by atoms with van der Waals surface area (Å²) in [5.74, 6) is 0.323. The Labute approximate surface area is 190 Å². The minimum atomic E-state index is -0.328. The molecular weight excluding hydrogens is 417 g/mol. The zero-order valence-electron chi connectivity index (χ0n) is 18.9. The summed E-state index contributed by atoms with van der Waals surface area (Å²) in [7, 11) is 0. The Morgan fingerprint density at radius 3 is 2.27 bits per heavy atom. The molecule has 0 amide bonds. The van der Waals surface area contributed by atoms with Crippen LogP contribution < -0.4 is 5.56 Å². The zero-order valence-corrected chi connectivity index (χ0v) is 18.9. The van der Waals surface area contributed by atoms with Gasteiger partial charge in [-0.3, -0.25) is 13.9 Å². The van der Waals surface area contributed by atoms with E-state index in [4.69, 9.17) is 15.0 Å². The molecule has 168 valence electrons. The molecule has 33 heavy (non-hydrogen) atoms. The van der Waals surface area contributed by atoms with E-state index in [1.165, 1.54) is 31.4 Å². The van der Waals surface area contributed by atoms with Crippen molar-refractivity contribution in [3.05, 3.63) is 70.5 Å². The van der Waals surface area contributed by atoms with E-state index in [1.54, 1.807) is 16.7 Å². The number of aryl methyl sites for hydroxylation is 1.